The Morgan fingerprint density at radius 2 is 2.10 bits per heavy atom. The largest absolute Gasteiger partial charge is 0.349 e. The molecule has 2 aromatic rings. The lowest BCUT2D eigenvalue weighted by molar-refractivity contribution is -0.121. The Morgan fingerprint density at radius 1 is 1.33 bits per heavy atom. The van der Waals surface area contributed by atoms with Crippen LogP contribution in [0.4, 0.5) is 0 Å². The number of nitrogens with two attached hydrogens (primary N) is 1. The Balaban J connectivity index is 1.93. The highest BCUT2D eigenvalue weighted by molar-refractivity contribution is 7.07. The number of thiophene rings is 1. The van der Waals surface area contributed by atoms with Crippen LogP contribution in [0.5, 0.6) is 0 Å². The Bertz CT molecular complexity index is 636. The zero-order valence-corrected chi connectivity index (χ0v) is 12.7. The average molecular weight is 298 g/mol. The molecular weight excluding hydrogens is 280 g/mol. The fourth-order valence-electron chi connectivity index (χ4n) is 1.96. The highest BCUT2D eigenvalue weighted by atomic mass is 32.1. The van der Waals surface area contributed by atoms with Crippen LogP contribution in [-0.2, 0) is 11.2 Å². The molecule has 2 rings (SSSR count). The van der Waals surface area contributed by atoms with Crippen molar-refractivity contribution >= 4 is 17.2 Å². The minimum Gasteiger partial charge on any atom is -0.349 e. The van der Waals surface area contributed by atoms with E-state index in [0.29, 0.717) is 13.0 Å². The Labute approximate surface area is 129 Å². The van der Waals surface area contributed by atoms with Gasteiger partial charge in [-0.2, -0.15) is 11.3 Å². The molecule has 0 aliphatic rings. The van der Waals surface area contributed by atoms with Gasteiger partial charge in [0, 0.05) is 5.56 Å². The number of benzene rings is 1. The van der Waals surface area contributed by atoms with Gasteiger partial charge in [0.2, 0.25) is 5.91 Å². The van der Waals surface area contributed by atoms with Crippen molar-refractivity contribution in [3.63, 3.8) is 0 Å². The van der Waals surface area contributed by atoms with Crippen LogP contribution in [0.1, 0.15) is 29.7 Å². The van der Waals surface area contributed by atoms with Crippen molar-refractivity contribution in [3.8, 4) is 11.8 Å². The molecule has 0 bridgehead atoms. The van der Waals surface area contributed by atoms with E-state index in [4.69, 9.17) is 5.73 Å². The molecule has 21 heavy (non-hydrogen) atoms. The van der Waals surface area contributed by atoms with Crippen LogP contribution >= 0.6 is 11.3 Å². The first kappa shape index (κ1) is 15.3. The molecule has 3 N–H and O–H groups in total. The number of nitrogens with one attached hydrogen (secondary N) is 1. The summed E-state index contributed by atoms with van der Waals surface area (Å²) in [5.74, 6) is 5.83. The van der Waals surface area contributed by atoms with Crippen LogP contribution < -0.4 is 11.1 Å². The summed E-state index contributed by atoms with van der Waals surface area (Å²) in [7, 11) is 0. The molecule has 4 heteroatoms. The average Bonchev–Trinajstić information content (AvgIpc) is 2.98. The number of rotatable bonds is 4. The monoisotopic (exact) mass is 298 g/mol. The molecule has 108 valence electrons. The summed E-state index contributed by atoms with van der Waals surface area (Å²) in [6.07, 6.45) is 0.425. The van der Waals surface area contributed by atoms with Crippen LogP contribution in [0.25, 0.3) is 0 Å². The number of hydrogen-bond donors (Lipinski definition) is 2. The Morgan fingerprint density at radius 3 is 2.71 bits per heavy atom. The molecule has 3 nitrogen and oxygen atoms in total. The van der Waals surface area contributed by atoms with Crippen LogP contribution in [0, 0.1) is 11.8 Å². The van der Waals surface area contributed by atoms with Crippen molar-refractivity contribution in [2.75, 3.05) is 6.54 Å². The SMILES string of the molecule is CC(NC(=O)Cc1ccsc1)c1ccc(C#CCN)cc1. The van der Waals surface area contributed by atoms with E-state index in [-0.39, 0.29) is 11.9 Å². The van der Waals surface area contributed by atoms with Crippen molar-refractivity contribution in [1.82, 2.24) is 5.32 Å². The third kappa shape index (κ3) is 4.75. The number of amides is 1. The second kappa shape index (κ2) is 7.63. The minimum atomic E-state index is -0.0207. The molecule has 1 aromatic carbocycles. The zero-order valence-electron chi connectivity index (χ0n) is 11.9. The quantitative estimate of drug-likeness (QED) is 0.852. The maximum atomic E-state index is 12.0. The first-order valence-electron chi connectivity index (χ1n) is 6.78. The number of hydrogen-bond acceptors (Lipinski definition) is 3. The van der Waals surface area contributed by atoms with Crippen LogP contribution in [-0.4, -0.2) is 12.5 Å². The molecule has 1 unspecified atom stereocenters. The van der Waals surface area contributed by atoms with Crippen molar-refractivity contribution < 1.29 is 4.79 Å². The first-order chi connectivity index (χ1) is 10.2. The topological polar surface area (TPSA) is 55.1 Å². The highest BCUT2D eigenvalue weighted by Crippen LogP contribution is 2.14. The van der Waals surface area contributed by atoms with Crippen molar-refractivity contribution in [1.29, 1.82) is 0 Å². The number of carbonyl (C=O) groups excluding carboxylic acids is 1. The molecule has 0 fully saturated rings. The molecule has 1 heterocycles. The third-order valence-electron chi connectivity index (χ3n) is 3.07. The van der Waals surface area contributed by atoms with Gasteiger partial charge in [0.15, 0.2) is 0 Å². The van der Waals surface area contributed by atoms with Crippen molar-refractivity contribution in [2.24, 2.45) is 5.73 Å². The second-order valence-electron chi connectivity index (χ2n) is 4.73. The van der Waals surface area contributed by atoms with E-state index in [2.05, 4.69) is 17.2 Å². The van der Waals surface area contributed by atoms with E-state index in [0.717, 1.165) is 16.7 Å². The summed E-state index contributed by atoms with van der Waals surface area (Å²) in [5.41, 5.74) is 8.39. The minimum absolute atomic E-state index is 0.0207. The molecule has 0 saturated carbocycles. The van der Waals surface area contributed by atoms with E-state index in [1.807, 2.05) is 48.0 Å². The van der Waals surface area contributed by atoms with E-state index in [1.165, 1.54) is 0 Å². The van der Waals surface area contributed by atoms with Crippen molar-refractivity contribution in [3.05, 3.63) is 57.8 Å². The zero-order chi connectivity index (χ0) is 15.1. The van der Waals surface area contributed by atoms with E-state index >= 15 is 0 Å². The van der Waals surface area contributed by atoms with Gasteiger partial charge in [0.25, 0.3) is 0 Å². The molecule has 0 radical (unpaired) electrons. The van der Waals surface area contributed by atoms with Gasteiger partial charge in [-0.15, -0.1) is 0 Å². The summed E-state index contributed by atoms with van der Waals surface area (Å²) in [6.45, 7) is 2.34. The molecule has 0 spiro atoms. The molecule has 1 aromatic heterocycles. The van der Waals surface area contributed by atoms with E-state index < -0.39 is 0 Å². The van der Waals surface area contributed by atoms with E-state index in [1.54, 1.807) is 11.3 Å². The van der Waals surface area contributed by atoms with Gasteiger partial charge in [0.05, 0.1) is 19.0 Å². The van der Waals surface area contributed by atoms with Gasteiger partial charge >= 0.3 is 0 Å². The summed E-state index contributed by atoms with van der Waals surface area (Å²) >= 11 is 1.60. The fraction of sp³-hybridized carbons (Fsp3) is 0.235. The summed E-state index contributed by atoms with van der Waals surface area (Å²) in [4.78, 5) is 12.0. The maximum Gasteiger partial charge on any atom is 0.224 e. The van der Waals surface area contributed by atoms with E-state index in [9.17, 15) is 4.79 Å². The molecule has 0 aliphatic carbocycles. The Kier molecular flexibility index (Phi) is 5.56. The predicted octanol–water partition coefficient (Wildman–Crippen LogP) is 2.48. The lowest BCUT2D eigenvalue weighted by atomic mass is 10.1. The van der Waals surface area contributed by atoms with Gasteiger partial charge in [-0.05, 0) is 47.0 Å². The molecular formula is C17H18N2OS. The lowest BCUT2D eigenvalue weighted by Gasteiger charge is -2.14. The van der Waals surface area contributed by atoms with Gasteiger partial charge in [-0.3, -0.25) is 4.79 Å². The van der Waals surface area contributed by atoms with Crippen LogP contribution in [0.2, 0.25) is 0 Å². The number of carbonyl (C=O) groups is 1. The fourth-order valence-corrected chi connectivity index (χ4v) is 2.63. The normalized spacial score (nSPS) is 11.3. The summed E-state index contributed by atoms with van der Waals surface area (Å²) in [6, 6.07) is 9.80. The molecule has 1 atom stereocenters. The van der Waals surface area contributed by atoms with Crippen LogP contribution in [0.15, 0.2) is 41.1 Å². The first-order valence-corrected chi connectivity index (χ1v) is 7.72. The molecule has 0 aliphatic heterocycles. The molecule has 0 saturated heterocycles. The standard InChI is InChI=1S/C17H18N2OS/c1-13(19-17(20)11-15-8-10-21-12-15)16-6-4-14(5-7-16)3-2-9-18/h4-8,10,12-13H,9,11,18H2,1H3,(H,19,20). The third-order valence-corrected chi connectivity index (χ3v) is 3.80. The predicted molar refractivity (Wildman–Crippen MR) is 87.0 cm³/mol. The van der Waals surface area contributed by atoms with Crippen molar-refractivity contribution in [2.45, 2.75) is 19.4 Å². The highest BCUT2D eigenvalue weighted by Gasteiger charge is 2.10. The summed E-state index contributed by atoms with van der Waals surface area (Å²) in [5, 5.41) is 6.98. The van der Waals surface area contributed by atoms with Crippen LogP contribution in [0.3, 0.4) is 0 Å². The summed E-state index contributed by atoms with van der Waals surface area (Å²) < 4.78 is 0. The smallest absolute Gasteiger partial charge is 0.224 e. The lowest BCUT2D eigenvalue weighted by Crippen LogP contribution is -2.27. The molecule has 1 amide bonds. The van der Waals surface area contributed by atoms with Gasteiger partial charge < -0.3 is 11.1 Å². The second-order valence-corrected chi connectivity index (χ2v) is 5.51. The van der Waals surface area contributed by atoms with Gasteiger partial charge in [-0.1, -0.05) is 24.0 Å². The Hall–Kier alpha value is -2.09. The maximum absolute atomic E-state index is 12.0. The van der Waals surface area contributed by atoms with Gasteiger partial charge in [-0.25, -0.2) is 0 Å². The van der Waals surface area contributed by atoms with Gasteiger partial charge in [0.1, 0.15) is 0 Å².